The third kappa shape index (κ3) is 3.11. The second kappa shape index (κ2) is 6.66. The Labute approximate surface area is 144 Å². The summed E-state index contributed by atoms with van der Waals surface area (Å²) < 4.78 is 5.22. The van der Waals surface area contributed by atoms with Gasteiger partial charge in [-0.1, -0.05) is 6.42 Å². The molecule has 130 valence electrons. The maximum Gasteiger partial charge on any atom is 0.223 e. The molecule has 3 fully saturated rings. The van der Waals surface area contributed by atoms with Crippen molar-refractivity contribution in [1.82, 2.24) is 5.32 Å². The summed E-state index contributed by atoms with van der Waals surface area (Å²) >= 11 is 0. The first kappa shape index (κ1) is 15.8. The average Bonchev–Trinajstić information content (AvgIpc) is 3.26. The molecule has 2 aliphatic carbocycles. The molecule has 2 bridgehead atoms. The monoisotopic (exact) mass is 328 g/mol. The van der Waals surface area contributed by atoms with Crippen molar-refractivity contribution in [2.45, 2.75) is 44.6 Å². The third-order valence-electron chi connectivity index (χ3n) is 6.35. The number of nitrogens with zero attached hydrogens (tertiary/aromatic N) is 1. The van der Waals surface area contributed by atoms with Crippen LogP contribution in [0.5, 0.6) is 5.75 Å². The van der Waals surface area contributed by atoms with Crippen molar-refractivity contribution >= 4 is 11.6 Å². The molecule has 4 nitrogen and oxygen atoms in total. The molecule has 1 aromatic carbocycles. The summed E-state index contributed by atoms with van der Waals surface area (Å²) in [6.07, 6.45) is 7.15. The van der Waals surface area contributed by atoms with Crippen LogP contribution in [0.4, 0.5) is 5.69 Å². The highest BCUT2D eigenvalue weighted by Crippen LogP contribution is 2.48. The Balaban J connectivity index is 1.27. The molecule has 24 heavy (non-hydrogen) atoms. The molecule has 1 heterocycles. The zero-order valence-electron chi connectivity index (χ0n) is 14.5. The number of hydrogen-bond donors (Lipinski definition) is 1. The number of methoxy groups -OCH3 is 1. The lowest BCUT2D eigenvalue weighted by atomic mass is 9.87. The number of carbonyl (C=O) groups is 1. The molecule has 0 spiro atoms. The maximum atomic E-state index is 12.6. The first-order chi connectivity index (χ1) is 11.7. The van der Waals surface area contributed by atoms with Crippen molar-refractivity contribution in [1.29, 1.82) is 0 Å². The summed E-state index contributed by atoms with van der Waals surface area (Å²) in [5.74, 6) is 3.05. The van der Waals surface area contributed by atoms with Gasteiger partial charge in [0, 0.05) is 30.7 Å². The molecule has 1 aliphatic heterocycles. The molecule has 4 heteroatoms. The van der Waals surface area contributed by atoms with E-state index in [1.807, 2.05) is 12.1 Å². The Morgan fingerprint density at radius 1 is 1.08 bits per heavy atom. The fraction of sp³-hybridized carbons (Fsp3) is 0.650. The molecule has 1 N–H and O–H groups in total. The van der Waals surface area contributed by atoms with Crippen molar-refractivity contribution in [3.8, 4) is 5.75 Å². The van der Waals surface area contributed by atoms with Crippen LogP contribution in [-0.2, 0) is 4.79 Å². The van der Waals surface area contributed by atoms with Crippen LogP contribution in [0.2, 0.25) is 0 Å². The van der Waals surface area contributed by atoms with Gasteiger partial charge in [0.15, 0.2) is 0 Å². The van der Waals surface area contributed by atoms with Crippen LogP contribution in [0.15, 0.2) is 24.3 Å². The molecular formula is C20H28N2O2. The molecule has 3 aliphatic rings. The lowest BCUT2D eigenvalue weighted by molar-refractivity contribution is -0.127. The average molecular weight is 328 g/mol. The minimum absolute atomic E-state index is 0.309. The van der Waals surface area contributed by atoms with Gasteiger partial charge in [-0.05, 0) is 68.2 Å². The predicted octanol–water partition coefficient (Wildman–Crippen LogP) is 3.22. The van der Waals surface area contributed by atoms with Crippen LogP contribution in [0.1, 0.15) is 38.5 Å². The summed E-state index contributed by atoms with van der Waals surface area (Å²) in [7, 11) is 1.69. The van der Waals surface area contributed by atoms with Crippen LogP contribution >= 0.6 is 0 Å². The molecule has 4 rings (SSSR count). The van der Waals surface area contributed by atoms with Crippen LogP contribution in [0, 0.1) is 17.8 Å². The summed E-state index contributed by atoms with van der Waals surface area (Å²) in [4.78, 5) is 15.0. The number of benzene rings is 1. The minimum Gasteiger partial charge on any atom is -0.497 e. The SMILES string of the molecule is COc1ccc(N2CCC(NC(=O)[C@H]3C[C@H]4CC[C@H]3C4)CC2)cc1. The highest BCUT2D eigenvalue weighted by atomic mass is 16.5. The fourth-order valence-corrected chi connectivity index (χ4v) is 4.95. The van der Waals surface area contributed by atoms with E-state index in [-0.39, 0.29) is 0 Å². The van der Waals surface area contributed by atoms with E-state index >= 15 is 0 Å². The number of amides is 1. The fourth-order valence-electron chi connectivity index (χ4n) is 4.95. The van der Waals surface area contributed by atoms with Gasteiger partial charge >= 0.3 is 0 Å². The normalized spacial score (nSPS) is 29.7. The highest BCUT2D eigenvalue weighted by molar-refractivity contribution is 5.79. The molecule has 0 aromatic heterocycles. The summed E-state index contributed by atoms with van der Waals surface area (Å²) in [6, 6.07) is 8.61. The van der Waals surface area contributed by atoms with E-state index in [2.05, 4.69) is 22.3 Å². The summed E-state index contributed by atoms with van der Waals surface area (Å²) in [5.41, 5.74) is 1.24. The second-order valence-corrected chi connectivity index (χ2v) is 7.75. The van der Waals surface area contributed by atoms with Gasteiger partial charge in [-0.25, -0.2) is 0 Å². The van der Waals surface area contributed by atoms with Gasteiger partial charge in [0.1, 0.15) is 5.75 Å². The van der Waals surface area contributed by atoms with Gasteiger partial charge in [-0.15, -0.1) is 0 Å². The minimum atomic E-state index is 0.309. The molecule has 1 aromatic rings. The Morgan fingerprint density at radius 2 is 1.83 bits per heavy atom. The zero-order valence-corrected chi connectivity index (χ0v) is 14.5. The Kier molecular flexibility index (Phi) is 4.38. The van der Waals surface area contributed by atoms with E-state index < -0.39 is 0 Å². The van der Waals surface area contributed by atoms with Crippen molar-refractivity contribution in [3.63, 3.8) is 0 Å². The first-order valence-electron chi connectivity index (χ1n) is 9.42. The van der Waals surface area contributed by atoms with E-state index in [1.165, 1.54) is 24.9 Å². The maximum absolute atomic E-state index is 12.6. The van der Waals surface area contributed by atoms with E-state index in [4.69, 9.17) is 4.74 Å². The quantitative estimate of drug-likeness (QED) is 0.923. The lowest BCUT2D eigenvalue weighted by Gasteiger charge is -2.35. The Hall–Kier alpha value is -1.71. The standard InChI is InChI=1S/C20H28N2O2/c1-24-18-6-4-17(5-7-18)22-10-8-16(9-11-22)21-20(23)19-13-14-2-3-15(19)12-14/h4-7,14-16,19H,2-3,8-13H2,1H3,(H,21,23)/t14-,15-,19-/m0/s1. The number of fused-ring (bicyclic) bond motifs is 2. The Morgan fingerprint density at radius 3 is 2.42 bits per heavy atom. The topological polar surface area (TPSA) is 41.6 Å². The number of rotatable bonds is 4. The van der Waals surface area contributed by atoms with Gasteiger partial charge in [-0.2, -0.15) is 0 Å². The van der Waals surface area contributed by atoms with Gasteiger partial charge in [0.05, 0.1) is 7.11 Å². The third-order valence-corrected chi connectivity index (χ3v) is 6.35. The lowest BCUT2D eigenvalue weighted by Crippen LogP contribution is -2.47. The van der Waals surface area contributed by atoms with Crippen LogP contribution in [0.3, 0.4) is 0 Å². The molecule has 2 saturated carbocycles. The number of nitrogens with one attached hydrogen (secondary N) is 1. The van der Waals surface area contributed by atoms with Crippen molar-refractivity contribution in [2.24, 2.45) is 17.8 Å². The second-order valence-electron chi connectivity index (χ2n) is 7.75. The number of anilines is 1. The van der Waals surface area contributed by atoms with Crippen LogP contribution < -0.4 is 15.0 Å². The van der Waals surface area contributed by atoms with E-state index in [0.717, 1.165) is 44.0 Å². The van der Waals surface area contributed by atoms with Gasteiger partial charge in [0.2, 0.25) is 5.91 Å². The van der Waals surface area contributed by atoms with Gasteiger partial charge < -0.3 is 15.0 Å². The van der Waals surface area contributed by atoms with E-state index in [0.29, 0.717) is 23.8 Å². The van der Waals surface area contributed by atoms with Crippen LogP contribution in [0.25, 0.3) is 0 Å². The van der Waals surface area contributed by atoms with Crippen molar-refractivity contribution < 1.29 is 9.53 Å². The number of hydrogen-bond acceptors (Lipinski definition) is 3. The Bertz CT molecular complexity index is 578. The molecule has 1 saturated heterocycles. The predicted molar refractivity (Wildman–Crippen MR) is 95.3 cm³/mol. The van der Waals surface area contributed by atoms with Crippen LogP contribution in [-0.4, -0.2) is 32.1 Å². The number of ether oxygens (including phenoxy) is 1. The zero-order chi connectivity index (χ0) is 16.5. The molecular weight excluding hydrogens is 300 g/mol. The first-order valence-corrected chi connectivity index (χ1v) is 9.42. The van der Waals surface area contributed by atoms with Crippen molar-refractivity contribution in [3.05, 3.63) is 24.3 Å². The number of carbonyl (C=O) groups excluding carboxylic acids is 1. The molecule has 1 amide bonds. The smallest absolute Gasteiger partial charge is 0.223 e. The largest absolute Gasteiger partial charge is 0.497 e. The number of piperidine rings is 1. The molecule has 0 unspecified atom stereocenters. The molecule has 3 atom stereocenters. The summed E-state index contributed by atoms with van der Waals surface area (Å²) in [5, 5.41) is 3.35. The van der Waals surface area contributed by atoms with E-state index in [1.54, 1.807) is 7.11 Å². The molecule has 0 radical (unpaired) electrons. The highest BCUT2D eigenvalue weighted by Gasteiger charge is 2.43. The van der Waals surface area contributed by atoms with Crippen molar-refractivity contribution in [2.75, 3.05) is 25.1 Å². The van der Waals surface area contributed by atoms with Gasteiger partial charge in [0.25, 0.3) is 0 Å². The van der Waals surface area contributed by atoms with E-state index in [9.17, 15) is 4.79 Å². The van der Waals surface area contributed by atoms with Gasteiger partial charge in [-0.3, -0.25) is 4.79 Å². The summed E-state index contributed by atoms with van der Waals surface area (Å²) in [6.45, 7) is 2.02.